The number of aryl methyl sites for hydroxylation is 2. The zero-order chi connectivity index (χ0) is 9.68. The molecule has 13 heavy (non-hydrogen) atoms. The SMILES string of the molecule is CCCCCCc1cc(C)sc1Br. The van der Waals surface area contributed by atoms with Gasteiger partial charge in [-0.3, -0.25) is 0 Å². The summed E-state index contributed by atoms with van der Waals surface area (Å²) in [5, 5.41) is 0. The van der Waals surface area contributed by atoms with Crippen molar-refractivity contribution < 1.29 is 0 Å². The summed E-state index contributed by atoms with van der Waals surface area (Å²) in [6.07, 6.45) is 6.65. The highest BCUT2D eigenvalue weighted by Crippen LogP contribution is 2.28. The molecule has 2 heteroatoms. The van der Waals surface area contributed by atoms with E-state index in [-0.39, 0.29) is 0 Å². The average molecular weight is 261 g/mol. The Kier molecular flexibility index (Phi) is 5.04. The molecule has 1 heterocycles. The summed E-state index contributed by atoms with van der Waals surface area (Å²) in [4.78, 5) is 1.41. The van der Waals surface area contributed by atoms with Crippen molar-refractivity contribution in [1.82, 2.24) is 0 Å². The van der Waals surface area contributed by atoms with Crippen molar-refractivity contribution in [2.24, 2.45) is 0 Å². The molecular weight excluding hydrogens is 244 g/mol. The number of hydrogen-bond donors (Lipinski definition) is 0. The van der Waals surface area contributed by atoms with Gasteiger partial charge in [0.15, 0.2) is 0 Å². The monoisotopic (exact) mass is 260 g/mol. The third kappa shape index (κ3) is 3.82. The van der Waals surface area contributed by atoms with Crippen molar-refractivity contribution in [1.29, 1.82) is 0 Å². The minimum Gasteiger partial charge on any atom is -0.133 e. The quantitative estimate of drug-likeness (QED) is 0.658. The molecular formula is C11H17BrS. The van der Waals surface area contributed by atoms with Crippen LogP contribution in [0.5, 0.6) is 0 Å². The lowest BCUT2D eigenvalue weighted by atomic mass is 10.1. The zero-order valence-corrected chi connectivity index (χ0v) is 10.8. The first-order valence-corrected chi connectivity index (χ1v) is 6.59. The van der Waals surface area contributed by atoms with E-state index >= 15 is 0 Å². The van der Waals surface area contributed by atoms with Crippen molar-refractivity contribution in [3.05, 3.63) is 20.3 Å². The Hall–Kier alpha value is 0.180. The summed E-state index contributed by atoms with van der Waals surface area (Å²) in [6.45, 7) is 4.43. The van der Waals surface area contributed by atoms with E-state index in [1.165, 1.54) is 46.3 Å². The molecule has 0 radical (unpaired) electrons. The molecule has 0 aliphatic carbocycles. The van der Waals surface area contributed by atoms with Gasteiger partial charge in [-0.25, -0.2) is 0 Å². The average Bonchev–Trinajstić information content (AvgIpc) is 2.39. The summed E-state index contributed by atoms with van der Waals surface area (Å²) < 4.78 is 1.33. The highest BCUT2D eigenvalue weighted by Gasteiger charge is 2.02. The van der Waals surface area contributed by atoms with Gasteiger partial charge in [0, 0.05) is 4.88 Å². The van der Waals surface area contributed by atoms with Crippen LogP contribution < -0.4 is 0 Å². The second-order valence-electron chi connectivity index (χ2n) is 3.47. The van der Waals surface area contributed by atoms with E-state index in [1.807, 2.05) is 11.3 Å². The summed E-state index contributed by atoms with van der Waals surface area (Å²) in [7, 11) is 0. The third-order valence-electron chi connectivity index (χ3n) is 2.18. The molecule has 0 saturated heterocycles. The van der Waals surface area contributed by atoms with Crippen molar-refractivity contribution in [3.63, 3.8) is 0 Å². The van der Waals surface area contributed by atoms with Crippen LogP contribution in [0, 0.1) is 6.92 Å². The van der Waals surface area contributed by atoms with Gasteiger partial charge in [0.1, 0.15) is 0 Å². The lowest BCUT2D eigenvalue weighted by Crippen LogP contribution is -1.83. The Morgan fingerprint density at radius 3 is 2.62 bits per heavy atom. The molecule has 0 spiro atoms. The van der Waals surface area contributed by atoms with Gasteiger partial charge in [-0.1, -0.05) is 26.2 Å². The lowest BCUT2D eigenvalue weighted by molar-refractivity contribution is 0.667. The van der Waals surface area contributed by atoms with Crippen LogP contribution in [0.1, 0.15) is 43.0 Å². The van der Waals surface area contributed by atoms with Crippen LogP contribution in [0.2, 0.25) is 0 Å². The Morgan fingerprint density at radius 2 is 2.08 bits per heavy atom. The maximum atomic E-state index is 3.60. The summed E-state index contributed by atoms with van der Waals surface area (Å²) >= 11 is 5.45. The molecule has 74 valence electrons. The number of hydrogen-bond acceptors (Lipinski definition) is 1. The molecule has 0 unspecified atom stereocenters. The van der Waals surface area contributed by atoms with E-state index in [2.05, 4.69) is 35.8 Å². The zero-order valence-electron chi connectivity index (χ0n) is 8.40. The predicted molar refractivity (Wildman–Crippen MR) is 64.6 cm³/mol. The molecule has 0 nitrogen and oxygen atoms in total. The van der Waals surface area contributed by atoms with Crippen LogP contribution in [-0.2, 0) is 6.42 Å². The van der Waals surface area contributed by atoms with E-state index in [1.54, 1.807) is 0 Å². The van der Waals surface area contributed by atoms with Gasteiger partial charge in [-0.05, 0) is 47.3 Å². The number of unbranched alkanes of at least 4 members (excludes halogenated alkanes) is 3. The molecule has 0 saturated carbocycles. The molecule has 0 atom stereocenters. The Balaban J connectivity index is 2.32. The van der Waals surface area contributed by atoms with Gasteiger partial charge < -0.3 is 0 Å². The fraction of sp³-hybridized carbons (Fsp3) is 0.636. The maximum absolute atomic E-state index is 3.60. The Bertz CT molecular complexity index is 253. The first-order valence-electron chi connectivity index (χ1n) is 4.99. The molecule has 1 aromatic rings. The van der Waals surface area contributed by atoms with Crippen molar-refractivity contribution in [2.75, 3.05) is 0 Å². The third-order valence-corrected chi connectivity index (χ3v) is 4.06. The summed E-state index contributed by atoms with van der Waals surface area (Å²) in [5.74, 6) is 0. The van der Waals surface area contributed by atoms with Gasteiger partial charge in [-0.2, -0.15) is 0 Å². The van der Waals surface area contributed by atoms with Gasteiger partial charge in [-0.15, -0.1) is 11.3 Å². The van der Waals surface area contributed by atoms with E-state index in [9.17, 15) is 0 Å². The fourth-order valence-corrected chi connectivity index (χ4v) is 3.31. The highest BCUT2D eigenvalue weighted by molar-refractivity contribution is 9.11. The van der Waals surface area contributed by atoms with Crippen LogP contribution in [0.25, 0.3) is 0 Å². The standard InChI is InChI=1S/C11H17BrS/c1-3-4-5-6-7-10-8-9(2)13-11(10)12/h8H,3-7H2,1-2H3. The Labute approximate surface area is 93.5 Å². The molecule has 0 fully saturated rings. The predicted octanol–water partition coefficient (Wildman–Crippen LogP) is 4.94. The molecule has 0 amide bonds. The van der Waals surface area contributed by atoms with Crippen molar-refractivity contribution >= 4 is 27.3 Å². The molecule has 0 aliphatic heterocycles. The van der Waals surface area contributed by atoms with Crippen LogP contribution in [-0.4, -0.2) is 0 Å². The lowest BCUT2D eigenvalue weighted by Gasteiger charge is -1.98. The second-order valence-corrected chi connectivity index (χ2v) is 6.04. The van der Waals surface area contributed by atoms with E-state index in [0.717, 1.165) is 0 Å². The summed E-state index contributed by atoms with van der Waals surface area (Å²) in [5.41, 5.74) is 1.50. The van der Waals surface area contributed by atoms with Crippen molar-refractivity contribution in [2.45, 2.75) is 46.0 Å². The first-order chi connectivity index (χ1) is 6.24. The molecule has 0 bridgehead atoms. The maximum Gasteiger partial charge on any atom is 0.0733 e. The van der Waals surface area contributed by atoms with Crippen LogP contribution in [0.4, 0.5) is 0 Å². The highest BCUT2D eigenvalue weighted by atomic mass is 79.9. The summed E-state index contributed by atoms with van der Waals surface area (Å²) in [6, 6.07) is 2.31. The van der Waals surface area contributed by atoms with Crippen LogP contribution in [0.3, 0.4) is 0 Å². The second kappa shape index (κ2) is 5.82. The minimum absolute atomic E-state index is 1.24. The molecule has 1 aromatic heterocycles. The van der Waals surface area contributed by atoms with Gasteiger partial charge in [0.2, 0.25) is 0 Å². The largest absolute Gasteiger partial charge is 0.133 e. The van der Waals surface area contributed by atoms with Crippen LogP contribution >= 0.6 is 27.3 Å². The molecule has 1 rings (SSSR count). The number of thiophene rings is 1. The van der Waals surface area contributed by atoms with Gasteiger partial charge >= 0.3 is 0 Å². The van der Waals surface area contributed by atoms with Crippen LogP contribution in [0.15, 0.2) is 9.85 Å². The molecule has 0 aromatic carbocycles. The van der Waals surface area contributed by atoms with Crippen molar-refractivity contribution in [3.8, 4) is 0 Å². The number of halogens is 1. The normalized spacial score (nSPS) is 10.7. The number of rotatable bonds is 5. The fourth-order valence-electron chi connectivity index (χ4n) is 1.45. The molecule has 0 N–H and O–H groups in total. The Morgan fingerprint density at radius 1 is 1.31 bits per heavy atom. The smallest absolute Gasteiger partial charge is 0.0733 e. The topological polar surface area (TPSA) is 0 Å². The van der Waals surface area contributed by atoms with E-state index in [0.29, 0.717) is 0 Å². The van der Waals surface area contributed by atoms with E-state index in [4.69, 9.17) is 0 Å². The van der Waals surface area contributed by atoms with Gasteiger partial charge in [0.25, 0.3) is 0 Å². The molecule has 0 aliphatic rings. The van der Waals surface area contributed by atoms with E-state index < -0.39 is 0 Å². The first kappa shape index (κ1) is 11.3. The minimum atomic E-state index is 1.24. The van der Waals surface area contributed by atoms with Gasteiger partial charge in [0.05, 0.1) is 3.79 Å².